The summed E-state index contributed by atoms with van der Waals surface area (Å²) in [5.74, 6) is 0.327. The summed E-state index contributed by atoms with van der Waals surface area (Å²) in [6.45, 7) is 1.91. The van der Waals surface area contributed by atoms with Gasteiger partial charge in [-0.2, -0.15) is 0 Å². The molecule has 7 nitrogen and oxygen atoms in total. The Balaban J connectivity index is 1.49. The standard InChI is InChI=1S/C25H28N2O5/c1-2-31-25(30)32-22-15-9-19(10-16-22)24(29)27-21-13-11-20(12-14-21)26-23(28)17-8-18-6-4-3-5-7-18/h8-18H,2-7H2,1H3,(H,26,28)(H,27,29)/b17-8+. The summed E-state index contributed by atoms with van der Waals surface area (Å²) in [5.41, 5.74) is 1.66. The number of hydrogen-bond donors (Lipinski definition) is 2. The number of nitrogens with one attached hydrogen (secondary N) is 2. The summed E-state index contributed by atoms with van der Waals surface area (Å²) in [6, 6.07) is 13.1. The second-order valence-electron chi connectivity index (χ2n) is 7.59. The lowest BCUT2D eigenvalue weighted by atomic mass is 9.89. The molecule has 0 aliphatic heterocycles. The van der Waals surface area contributed by atoms with E-state index in [4.69, 9.17) is 9.47 Å². The first-order valence-corrected chi connectivity index (χ1v) is 10.9. The lowest BCUT2D eigenvalue weighted by Crippen LogP contribution is -2.13. The molecule has 0 spiro atoms. The predicted molar refractivity (Wildman–Crippen MR) is 123 cm³/mol. The number of anilines is 2. The third-order valence-corrected chi connectivity index (χ3v) is 5.16. The largest absolute Gasteiger partial charge is 0.513 e. The van der Waals surface area contributed by atoms with Gasteiger partial charge >= 0.3 is 6.16 Å². The van der Waals surface area contributed by atoms with Gasteiger partial charge in [0.1, 0.15) is 5.75 Å². The zero-order valence-electron chi connectivity index (χ0n) is 18.1. The Hall–Kier alpha value is -3.61. The Morgan fingerprint density at radius 3 is 2.16 bits per heavy atom. The number of carbonyl (C=O) groups excluding carboxylic acids is 3. The first-order valence-electron chi connectivity index (χ1n) is 10.9. The van der Waals surface area contributed by atoms with Gasteiger partial charge in [-0.1, -0.05) is 25.3 Å². The zero-order chi connectivity index (χ0) is 22.8. The number of ether oxygens (including phenoxy) is 2. The Morgan fingerprint density at radius 1 is 0.906 bits per heavy atom. The van der Waals surface area contributed by atoms with Gasteiger partial charge in [-0.15, -0.1) is 0 Å². The van der Waals surface area contributed by atoms with Crippen LogP contribution in [-0.2, 0) is 9.53 Å². The van der Waals surface area contributed by atoms with Crippen molar-refractivity contribution in [3.8, 4) is 5.75 Å². The fraction of sp³-hybridized carbons (Fsp3) is 0.320. The summed E-state index contributed by atoms with van der Waals surface area (Å²) in [4.78, 5) is 35.9. The van der Waals surface area contributed by atoms with Crippen molar-refractivity contribution in [3.05, 3.63) is 66.2 Å². The Morgan fingerprint density at radius 2 is 1.53 bits per heavy atom. The minimum atomic E-state index is -0.790. The average Bonchev–Trinajstić information content (AvgIpc) is 2.80. The van der Waals surface area contributed by atoms with Gasteiger partial charge in [0.2, 0.25) is 5.91 Å². The lowest BCUT2D eigenvalue weighted by Gasteiger charge is -2.17. The molecule has 2 amide bonds. The molecule has 32 heavy (non-hydrogen) atoms. The second-order valence-corrected chi connectivity index (χ2v) is 7.59. The fourth-order valence-corrected chi connectivity index (χ4v) is 3.49. The summed E-state index contributed by atoms with van der Waals surface area (Å²) >= 11 is 0. The number of benzene rings is 2. The van der Waals surface area contributed by atoms with Crippen LogP contribution in [0.5, 0.6) is 5.75 Å². The highest BCUT2D eigenvalue weighted by atomic mass is 16.7. The molecule has 2 aromatic carbocycles. The van der Waals surface area contributed by atoms with Crippen LogP contribution < -0.4 is 15.4 Å². The number of allylic oxidation sites excluding steroid dienone is 1. The van der Waals surface area contributed by atoms with Gasteiger partial charge < -0.3 is 20.1 Å². The molecule has 1 aliphatic rings. The van der Waals surface area contributed by atoms with Crippen molar-refractivity contribution < 1.29 is 23.9 Å². The van der Waals surface area contributed by atoms with Gasteiger partial charge in [-0.25, -0.2) is 4.79 Å². The van der Waals surface area contributed by atoms with Crippen molar-refractivity contribution in [2.75, 3.05) is 17.2 Å². The molecule has 2 N–H and O–H groups in total. The minimum absolute atomic E-state index is 0.155. The van der Waals surface area contributed by atoms with Crippen LogP contribution in [0.2, 0.25) is 0 Å². The number of rotatable bonds is 7. The smallest absolute Gasteiger partial charge is 0.434 e. The Kier molecular flexibility index (Phi) is 8.43. The van der Waals surface area contributed by atoms with Crippen LogP contribution in [0.1, 0.15) is 49.4 Å². The van der Waals surface area contributed by atoms with E-state index in [1.54, 1.807) is 49.4 Å². The molecular formula is C25H28N2O5. The van der Waals surface area contributed by atoms with E-state index in [0.29, 0.717) is 22.9 Å². The molecule has 0 saturated heterocycles. The van der Waals surface area contributed by atoms with E-state index in [1.165, 1.54) is 31.4 Å². The third kappa shape index (κ3) is 7.27. The maximum absolute atomic E-state index is 12.4. The first kappa shape index (κ1) is 23.1. The average molecular weight is 437 g/mol. The molecule has 3 rings (SSSR count). The first-order chi connectivity index (χ1) is 15.5. The quantitative estimate of drug-likeness (QED) is 0.337. The Labute approximate surface area is 187 Å². The monoisotopic (exact) mass is 436 g/mol. The predicted octanol–water partition coefficient (Wildman–Crippen LogP) is 5.55. The molecule has 0 aromatic heterocycles. The van der Waals surface area contributed by atoms with Crippen LogP contribution >= 0.6 is 0 Å². The van der Waals surface area contributed by atoms with Crippen LogP contribution in [0.3, 0.4) is 0 Å². The molecule has 168 valence electrons. The van der Waals surface area contributed by atoms with Crippen LogP contribution in [0, 0.1) is 5.92 Å². The van der Waals surface area contributed by atoms with Gasteiger partial charge in [0, 0.05) is 16.9 Å². The number of hydrogen-bond acceptors (Lipinski definition) is 5. The van der Waals surface area contributed by atoms with Gasteiger partial charge in [0.05, 0.1) is 6.61 Å². The topological polar surface area (TPSA) is 93.7 Å². The molecule has 0 atom stereocenters. The van der Waals surface area contributed by atoms with E-state index in [9.17, 15) is 14.4 Å². The summed E-state index contributed by atoms with van der Waals surface area (Å²) in [5, 5.41) is 5.62. The van der Waals surface area contributed by atoms with Crippen molar-refractivity contribution in [2.45, 2.75) is 39.0 Å². The molecule has 0 radical (unpaired) electrons. The Bertz CT molecular complexity index is 945. The SMILES string of the molecule is CCOC(=O)Oc1ccc(C(=O)Nc2ccc(NC(=O)/C=C/C3CCCCC3)cc2)cc1. The molecule has 1 saturated carbocycles. The van der Waals surface area contributed by atoms with Crippen molar-refractivity contribution in [2.24, 2.45) is 5.92 Å². The van der Waals surface area contributed by atoms with Crippen LogP contribution in [-0.4, -0.2) is 24.6 Å². The van der Waals surface area contributed by atoms with E-state index in [2.05, 4.69) is 10.6 Å². The van der Waals surface area contributed by atoms with Gasteiger partial charge in [-0.3, -0.25) is 9.59 Å². The van der Waals surface area contributed by atoms with Crippen LogP contribution in [0.4, 0.5) is 16.2 Å². The second kappa shape index (κ2) is 11.7. The molecular weight excluding hydrogens is 408 g/mol. The highest BCUT2D eigenvalue weighted by Gasteiger charge is 2.11. The van der Waals surface area contributed by atoms with Crippen LogP contribution in [0.25, 0.3) is 0 Å². The number of amides is 2. The summed E-state index contributed by atoms with van der Waals surface area (Å²) in [7, 11) is 0. The third-order valence-electron chi connectivity index (χ3n) is 5.16. The molecule has 0 heterocycles. The van der Waals surface area contributed by atoms with E-state index in [-0.39, 0.29) is 24.2 Å². The summed E-state index contributed by atoms with van der Waals surface area (Å²) < 4.78 is 9.68. The molecule has 2 aromatic rings. The summed E-state index contributed by atoms with van der Waals surface area (Å²) in [6.07, 6.45) is 8.88. The van der Waals surface area contributed by atoms with Crippen LogP contribution in [0.15, 0.2) is 60.7 Å². The highest BCUT2D eigenvalue weighted by molar-refractivity contribution is 6.04. The lowest BCUT2D eigenvalue weighted by molar-refractivity contribution is -0.111. The normalized spacial score (nSPS) is 14.0. The van der Waals surface area contributed by atoms with E-state index in [1.807, 2.05) is 6.08 Å². The molecule has 1 fully saturated rings. The van der Waals surface area contributed by atoms with Crippen molar-refractivity contribution in [1.82, 2.24) is 0 Å². The van der Waals surface area contributed by atoms with E-state index in [0.717, 1.165) is 12.8 Å². The maximum Gasteiger partial charge on any atom is 0.513 e. The molecule has 0 bridgehead atoms. The fourth-order valence-electron chi connectivity index (χ4n) is 3.49. The van der Waals surface area contributed by atoms with Crippen molar-refractivity contribution in [1.29, 1.82) is 0 Å². The maximum atomic E-state index is 12.4. The van der Waals surface area contributed by atoms with Gasteiger partial charge in [0.15, 0.2) is 0 Å². The highest BCUT2D eigenvalue weighted by Crippen LogP contribution is 2.24. The van der Waals surface area contributed by atoms with Gasteiger partial charge in [-0.05, 0) is 80.3 Å². The molecule has 0 unspecified atom stereocenters. The van der Waals surface area contributed by atoms with Gasteiger partial charge in [0.25, 0.3) is 5.91 Å². The van der Waals surface area contributed by atoms with E-state index >= 15 is 0 Å². The molecule has 1 aliphatic carbocycles. The van der Waals surface area contributed by atoms with Crippen molar-refractivity contribution >= 4 is 29.3 Å². The van der Waals surface area contributed by atoms with E-state index < -0.39 is 6.16 Å². The number of carbonyl (C=O) groups is 3. The minimum Gasteiger partial charge on any atom is -0.434 e. The molecule has 7 heteroatoms. The zero-order valence-corrected chi connectivity index (χ0v) is 18.1. The van der Waals surface area contributed by atoms with Crippen molar-refractivity contribution in [3.63, 3.8) is 0 Å².